The number of carbonyl (C=O) groups is 1. The summed E-state index contributed by atoms with van der Waals surface area (Å²) in [6.45, 7) is 10.1. The highest BCUT2D eigenvalue weighted by atomic mass is 16.1. The zero-order valence-electron chi connectivity index (χ0n) is 20.8. The number of ketones is 1. The lowest BCUT2D eigenvalue weighted by molar-refractivity contribution is -0.129. The summed E-state index contributed by atoms with van der Waals surface area (Å²) in [5.41, 5.74) is 11.7. The van der Waals surface area contributed by atoms with Crippen molar-refractivity contribution in [2.75, 3.05) is 0 Å². The van der Waals surface area contributed by atoms with Crippen molar-refractivity contribution in [1.29, 1.82) is 0 Å². The third-order valence-electron chi connectivity index (χ3n) is 8.69. The van der Waals surface area contributed by atoms with Crippen molar-refractivity contribution < 1.29 is 4.79 Å². The topological polar surface area (TPSA) is 114 Å². The number of H-pyrrole nitrogens is 1. The molecule has 0 spiro atoms. The van der Waals surface area contributed by atoms with Crippen LogP contribution in [0.4, 0.5) is 5.82 Å². The van der Waals surface area contributed by atoms with Gasteiger partial charge in [-0.25, -0.2) is 15.0 Å². The highest BCUT2D eigenvalue weighted by Gasteiger charge is 2.68. The molecule has 35 heavy (non-hydrogen) atoms. The van der Waals surface area contributed by atoms with Crippen molar-refractivity contribution in [2.45, 2.75) is 51.6 Å². The average molecular weight is 472 g/mol. The predicted molar refractivity (Wildman–Crippen MR) is 137 cm³/mol. The summed E-state index contributed by atoms with van der Waals surface area (Å²) >= 11 is 0. The fraction of sp³-hybridized carbons (Fsp3) is 0.481. The first-order chi connectivity index (χ1) is 16.7. The van der Waals surface area contributed by atoms with Crippen LogP contribution < -0.4 is 11.1 Å². The maximum atomic E-state index is 12.8. The molecule has 3 unspecified atom stereocenters. The van der Waals surface area contributed by atoms with Crippen LogP contribution in [0.1, 0.15) is 49.9 Å². The van der Waals surface area contributed by atoms with Gasteiger partial charge in [-0.3, -0.25) is 4.79 Å². The lowest BCUT2D eigenvalue weighted by Gasteiger charge is -2.54. The van der Waals surface area contributed by atoms with E-state index in [1.54, 1.807) is 13.3 Å². The molecule has 182 valence electrons. The Balaban J connectivity index is 1.32. The molecule has 0 radical (unpaired) electrons. The summed E-state index contributed by atoms with van der Waals surface area (Å²) in [6.07, 6.45) is 8.70. The van der Waals surface area contributed by atoms with Crippen molar-refractivity contribution >= 4 is 34.0 Å². The first-order valence-electron chi connectivity index (χ1n) is 12.4. The molecule has 8 heteroatoms. The van der Waals surface area contributed by atoms with Gasteiger partial charge in [-0.2, -0.15) is 0 Å². The predicted octanol–water partition coefficient (Wildman–Crippen LogP) is 3.64. The second-order valence-corrected chi connectivity index (χ2v) is 10.9. The molecule has 0 aliphatic heterocycles. The van der Waals surface area contributed by atoms with E-state index < -0.39 is 5.54 Å². The zero-order valence-corrected chi connectivity index (χ0v) is 20.8. The maximum Gasteiger partial charge on any atom is 0.161 e. The molecular weight excluding hydrogens is 438 g/mol. The number of rotatable bonds is 6. The number of carbonyl (C=O) groups excluding carboxylic acids is 1. The third kappa shape index (κ3) is 3.30. The number of Topliss-reactive ketones (excluding diaryl/α,β-unsaturated/α-hetero) is 1. The van der Waals surface area contributed by atoms with E-state index in [0.29, 0.717) is 29.1 Å². The number of hydrogen-bond acceptors (Lipinski definition) is 6. The normalized spacial score (nSPS) is 31.5. The Labute approximate surface area is 205 Å². The van der Waals surface area contributed by atoms with Crippen molar-refractivity contribution in [3.05, 3.63) is 48.2 Å². The van der Waals surface area contributed by atoms with Crippen LogP contribution >= 0.6 is 0 Å². The third-order valence-corrected chi connectivity index (χ3v) is 8.69. The van der Waals surface area contributed by atoms with Gasteiger partial charge in [0.1, 0.15) is 17.1 Å². The Kier molecular flexibility index (Phi) is 4.84. The van der Waals surface area contributed by atoms with Crippen molar-refractivity contribution in [3.63, 3.8) is 0 Å². The van der Waals surface area contributed by atoms with E-state index in [2.05, 4.69) is 32.9 Å². The molecule has 4 fully saturated rings. The second-order valence-electron chi connectivity index (χ2n) is 10.9. The molecule has 3 aromatic rings. The summed E-state index contributed by atoms with van der Waals surface area (Å²) in [7, 11) is 1.93. The zero-order chi connectivity index (χ0) is 24.6. The fourth-order valence-electron chi connectivity index (χ4n) is 7.02. The smallest absolute Gasteiger partial charge is 0.161 e. The molecule has 3 aromatic heterocycles. The molecule has 3 heterocycles. The number of aromatic nitrogens is 4. The number of nitrogens with two attached hydrogens (primary N) is 1. The Morgan fingerprint density at radius 1 is 1.34 bits per heavy atom. The lowest BCUT2D eigenvalue weighted by Crippen LogP contribution is -2.67. The van der Waals surface area contributed by atoms with Gasteiger partial charge in [0.05, 0.1) is 17.9 Å². The van der Waals surface area contributed by atoms with Crippen LogP contribution in [-0.4, -0.2) is 42.6 Å². The monoisotopic (exact) mass is 471 g/mol. The quantitative estimate of drug-likeness (QED) is 0.475. The molecule has 0 amide bonds. The van der Waals surface area contributed by atoms with E-state index >= 15 is 0 Å². The molecule has 4 N–H and O–H groups in total. The van der Waals surface area contributed by atoms with Gasteiger partial charge in [-0.05, 0) is 69.4 Å². The molecule has 2 bridgehead atoms. The first-order valence-corrected chi connectivity index (χ1v) is 12.4. The van der Waals surface area contributed by atoms with Crippen LogP contribution in [0.3, 0.4) is 0 Å². The van der Waals surface area contributed by atoms with E-state index in [4.69, 9.17) is 10.7 Å². The Hall–Kier alpha value is -3.26. The van der Waals surface area contributed by atoms with E-state index in [1.165, 1.54) is 0 Å². The minimum absolute atomic E-state index is 0.00917. The van der Waals surface area contributed by atoms with Crippen LogP contribution in [0.2, 0.25) is 0 Å². The second kappa shape index (κ2) is 7.62. The van der Waals surface area contributed by atoms with Crippen molar-refractivity contribution in [1.82, 2.24) is 24.8 Å². The van der Waals surface area contributed by atoms with Crippen LogP contribution in [0.25, 0.3) is 16.7 Å². The Morgan fingerprint density at radius 2 is 2.14 bits per heavy atom. The highest BCUT2D eigenvalue weighted by Crippen LogP contribution is 2.65. The maximum absolute atomic E-state index is 12.8. The number of fused-ring (bicyclic) bond motifs is 3. The number of aliphatic imine (C=N–C) groups is 1. The summed E-state index contributed by atoms with van der Waals surface area (Å²) < 4.78 is 1.90. The SMILES string of the molecule is C=C(NC1[C@H]2CC[C@](N)(C3CC32)[C@H]1C(C)=O)c1ncn(C)c1/N=C(\C)c1c[nH]c2ncc(C)cc12. The summed E-state index contributed by atoms with van der Waals surface area (Å²) in [6, 6.07) is 2.11. The number of imidazole rings is 1. The average Bonchev–Trinajstić information content (AvgIpc) is 3.42. The van der Waals surface area contributed by atoms with Gasteiger partial charge in [0, 0.05) is 47.7 Å². The minimum Gasteiger partial charge on any atom is -0.380 e. The molecule has 0 saturated heterocycles. The summed E-state index contributed by atoms with van der Waals surface area (Å²) in [5, 5.41) is 4.67. The largest absolute Gasteiger partial charge is 0.380 e. The van der Waals surface area contributed by atoms with Crippen LogP contribution in [0.5, 0.6) is 0 Å². The Bertz CT molecular complexity index is 1400. The van der Waals surface area contributed by atoms with Gasteiger partial charge in [0.2, 0.25) is 0 Å². The van der Waals surface area contributed by atoms with Crippen LogP contribution in [0.15, 0.2) is 36.4 Å². The number of pyridine rings is 1. The van der Waals surface area contributed by atoms with Crippen LogP contribution in [0, 0.1) is 30.6 Å². The summed E-state index contributed by atoms with van der Waals surface area (Å²) in [5.74, 6) is 2.27. The van der Waals surface area contributed by atoms with E-state index in [-0.39, 0.29) is 17.7 Å². The van der Waals surface area contributed by atoms with Gasteiger partial charge in [-0.1, -0.05) is 6.58 Å². The standard InChI is InChI=1S/C27H33N7O/c1-13-8-19-20(11-30-25(19)29-10-13)14(2)33-26-23(31-12-34(26)5)15(3)32-24-17-6-7-27(28,21-9-18(17)21)22(24)16(4)35/h8,10-12,17-18,21-22,24,32H,3,6-7,9,28H2,1-2,4-5H3,(H,29,30)/b33-14+/t17-,18?,21?,22-,24?,27-/m0/s1. The molecule has 4 aliphatic rings. The molecular formula is C27H33N7O. The molecule has 0 aromatic carbocycles. The molecule has 4 aliphatic carbocycles. The molecule has 4 saturated carbocycles. The minimum atomic E-state index is -0.396. The van der Waals surface area contributed by atoms with E-state index in [0.717, 1.165) is 53.0 Å². The Morgan fingerprint density at radius 3 is 2.91 bits per heavy atom. The van der Waals surface area contributed by atoms with Gasteiger partial charge in [0.25, 0.3) is 0 Å². The number of aromatic amines is 1. The number of aryl methyl sites for hydroxylation is 2. The molecule has 7 rings (SSSR count). The van der Waals surface area contributed by atoms with Gasteiger partial charge in [-0.15, -0.1) is 0 Å². The summed E-state index contributed by atoms with van der Waals surface area (Å²) in [4.78, 5) is 30.1. The van der Waals surface area contributed by atoms with Gasteiger partial charge < -0.3 is 20.6 Å². The van der Waals surface area contributed by atoms with E-state index in [9.17, 15) is 4.79 Å². The molecule has 6 atom stereocenters. The highest BCUT2D eigenvalue weighted by molar-refractivity contribution is 6.10. The van der Waals surface area contributed by atoms with E-state index in [1.807, 2.05) is 37.9 Å². The lowest BCUT2D eigenvalue weighted by atomic mass is 9.56. The van der Waals surface area contributed by atoms with Gasteiger partial charge in [0.15, 0.2) is 5.82 Å². The van der Waals surface area contributed by atoms with Crippen LogP contribution in [-0.2, 0) is 11.8 Å². The fourth-order valence-corrected chi connectivity index (χ4v) is 7.02. The number of nitrogens with one attached hydrogen (secondary N) is 2. The molecule has 8 nitrogen and oxygen atoms in total. The first kappa shape index (κ1) is 22.2. The van der Waals surface area contributed by atoms with Crippen molar-refractivity contribution in [3.8, 4) is 0 Å². The van der Waals surface area contributed by atoms with Gasteiger partial charge >= 0.3 is 0 Å². The van der Waals surface area contributed by atoms with Crippen molar-refractivity contribution in [2.24, 2.45) is 41.4 Å². The number of nitrogens with zero attached hydrogens (tertiary/aromatic N) is 4. The number of hydrogen-bond donors (Lipinski definition) is 3.